The van der Waals surface area contributed by atoms with Gasteiger partial charge < -0.3 is 4.74 Å². The smallest absolute Gasteiger partial charge is 0.272 e. The Morgan fingerprint density at radius 1 is 1.39 bits per heavy atom. The Balaban J connectivity index is 2.18. The van der Waals surface area contributed by atoms with Crippen molar-refractivity contribution in [3.63, 3.8) is 0 Å². The Hall–Kier alpha value is -1.18. The van der Waals surface area contributed by atoms with Crippen molar-refractivity contribution in [3.05, 3.63) is 18.3 Å². The number of aromatic amines is 1. The lowest BCUT2D eigenvalue weighted by atomic mass is 10.4. The van der Waals surface area contributed by atoms with Crippen LogP contribution in [0.25, 0.3) is 0 Å². The van der Waals surface area contributed by atoms with E-state index >= 15 is 0 Å². The predicted octanol–water partition coefficient (Wildman–Crippen LogP) is -0.0466. The summed E-state index contributed by atoms with van der Waals surface area (Å²) in [6.07, 6.45) is 1.52. The van der Waals surface area contributed by atoms with E-state index < -0.39 is 10.0 Å². The van der Waals surface area contributed by atoms with E-state index in [1.165, 1.54) is 10.5 Å². The fourth-order valence-corrected chi connectivity index (χ4v) is 3.18. The van der Waals surface area contributed by atoms with Gasteiger partial charge in [0.2, 0.25) is 10.0 Å². The van der Waals surface area contributed by atoms with Gasteiger partial charge in [-0.3, -0.25) is 5.32 Å². The molecular formula is C11H18N3O3S+. The van der Waals surface area contributed by atoms with E-state index in [1.807, 2.05) is 6.92 Å². The lowest BCUT2D eigenvalue weighted by Crippen LogP contribution is -2.40. The maximum atomic E-state index is 12.3. The molecule has 0 atom stereocenters. The molecule has 0 spiro atoms. The number of anilines is 1. The average Bonchev–Trinajstić information content (AvgIpc) is 2.41. The quantitative estimate of drug-likeness (QED) is 0.834. The lowest BCUT2D eigenvalue weighted by molar-refractivity contribution is -0.364. The topological polar surface area (TPSA) is 72.8 Å². The van der Waals surface area contributed by atoms with Gasteiger partial charge in [-0.15, -0.1) is 0 Å². The van der Waals surface area contributed by atoms with Crippen LogP contribution < -0.4 is 10.3 Å². The van der Waals surface area contributed by atoms with E-state index in [-0.39, 0.29) is 4.90 Å². The molecule has 6 nitrogen and oxygen atoms in total. The van der Waals surface area contributed by atoms with Crippen LogP contribution >= 0.6 is 0 Å². The number of nitrogens with zero attached hydrogens (tertiary/aromatic N) is 1. The second kappa shape index (κ2) is 5.64. The number of hydrogen-bond donors (Lipinski definition) is 1. The van der Waals surface area contributed by atoms with E-state index in [1.54, 1.807) is 12.1 Å². The number of ether oxygens (including phenoxy) is 1. The molecule has 2 rings (SSSR count). The summed E-state index contributed by atoms with van der Waals surface area (Å²) >= 11 is 0. The van der Waals surface area contributed by atoms with Gasteiger partial charge in [-0.2, -0.15) is 4.31 Å². The molecule has 0 aliphatic carbocycles. The fourth-order valence-electron chi connectivity index (χ4n) is 1.81. The van der Waals surface area contributed by atoms with Gasteiger partial charge in [0.1, 0.15) is 11.1 Å². The molecule has 7 heteroatoms. The van der Waals surface area contributed by atoms with Crippen LogP contribution in [0.15, 0.2) is 23.2 Å². The zero-order chi connectivity index (χ0) is 13.0. The van der Waals surface area contributed by atoms with Crippen LogP contribution in [-0.4, -0.2) is 45.6 Å². The van der Waals surface area contributed by atoms with Gasteiger partial charge >= 0.3 is 0 Å². The van der Waals surface area contributed by atoms with Gasteiger partial charge in [0, 0.05) is 19.2 Å². The SMILES string of the molecule is CCNc1ccc(S(=O)(=O)N2CCOCC2)c[nH+]1. The van der Waals surface area contributed by atoms with Crippen molar-refractivity contribution < 1.29 is 18.1 Å². The Labute approximate surface area is 107 Å². The Bertz CT molecular complexity index is 481. The minimum Gasteiger partial charge on any atom is -0.379 e. The molecule has 0 bridgehead atoms. The van der Waals surface area contributed by atoms with Crippen LogP contribution in [0.1, 0.15) is 6.92 Å². The van der Waals surface area contributed by atoms with Gasteiger partial charge in [0.15, 0.2) is 0 Å². The molecule has 0 saturated carbocycles. The molecule has 0 aromatic carbocycles. The monoisotopic (exact) mass is 272 g/mol. The maximum absolute atomic E-state index is 12.3. The molecule has 100 valence electrons. The van der Waals surface area contributed by atoms with E-state index in [0.717, 1.165) is 12.4 Å². The van der Waals surface area contributed by atoms with Crippen molar-refractivity contribution in [1.82, 2.24) is 4.31 Å². The van der Waals surface area contributed by atoms with Crippen molar-refractivity contribution in [3.8, 4) is 0 Å². The maximum Gasteiger partial charge on any atom is 0.272 e. The summed E-state index contributed by atoms with van der Waals surface area (Å²) in [6, 6.07) is 3.34. The van der Waals surface area contributed by atoms with E-state index in [2.05, 4.69) is 10.3 Å². The average molecular weight is 272 g/mol. The van der Waals surface area contributed by atoms with Crippen molar-refractivity contribution >= 4 is 15.8 Å². The van der Waals surface area contributed by atoms with Gasteiger partial charge in [-0.05, 0) is 13.0 Å². The number of H-pyrrole nitrogens is 1. The molecule has 1 aromatic heterocycles. The van der Waals surface area contributed by atoms with Gasteiger partial charge in [0.25, 0.3) is 5.82 Å². The van der Waals surface area contributed by atoms with E-state index in [0.29, 0.717) is 26.3 Å². The van der Waals surface area contributed by atoms with Gasteiger partial charge in [-0.25, -0.2) is 13.4 Å². The highest BCUT2D eigenvalue weighted by atomic mass is 32.2. The highest BCUT2D eigenvalue weighted by molar-refractivity contribution is 7.89. The predicted molar refractivity (Wildman–Crippen MR) is 66.7 cm³/mol. The second-order valence-electron chi connectivity index (χ2n) is 3.98. The van der Waals surface area contributed by atoms with Crippen LogP contribution in [-0.2, 0) is 14.8 Å². The molecule has 0 radical (unpaired) electrons. The standard InChI is InChI=1S/C11H17N3O3S/c1-2-12-11-4-3-10(9-13-11)18(15,16)14-5-7-17-8-6-14/h3-4,9H,2,5-8H2,1H3,(H,12,13)/p+1. The Morgan fingerprint density at radius 2 is 2.11 bits per heavy atom. The minimum atomic E-state index is -3.40. The summed E-state index contributed by atoms with van der Waals surface area (Å²) in [5, 5.41) is 3.08. The first kappa shape index (κ1) is 13.3. The van der Waals surface area contributed by atoms with Crippen LogP contribution in [0.3, 0.4) is 0 Å². The number of nitrogens with one attached hydrogen (secondary N) is 2. The second-order valence-corrected chi connectivity index (χ2v) is 5.92. The summed E-state index contributed by atoms with van der Waals surface area (Å²) in [6.45, 7) is 4.50. The normalized spacial score (nSPS) is 17.6. The number of rotatable bonds is 4. The van der Waals surface area contributed by atoms with Crippen molar-refractivity contribution in [1.29, 1.82) is 0 Å². The first-order valence-electron chi connectivity index (χ1n) is 5.98. The molecule has 2 heterocycles. The summed E-state index contributed by atoms with van der Waals surface area (Å²) in [5.41, 5.74) is 0. The van der Waals surface area contributed by atoms with Gasteiger partial charge in [-0.1, -0.05) is 0 Å². The zero-order valence-corrected chi connectivity index (χ0v) is 11.2. The lowest BCUT2D eigenvalue weighted by Gasteiger charge is -2.25. The highest BCUT2D eigenvalue weighted by Crippen LogP contribution is 2.15. The first-order valence-corrected chi connectivity index (χ1v) is 7.42. The van der Waals surface area contributed by atoms with E-state index in [4.69, 9.17) is 4.74 Å². The number of morpholine rings is 1. The first-order chi connectivity index (χ1) is 8.64. The molecule has 1 aliphatic rings. The van der Waals surface area contributed by atoms with Crippen LogP contribution in [0.5, 0.6) is 0 Å². The largest absolute Gasteiger partial charge is 0.379 e. The molecule has 0 unspecified atom stereocenters. The van der Waals surface area contributed by atoms with Gasteiger partial charge in [0.05, 0.1) is 19.8 Å². The molecule has 1 saturated heterocycles. The number of aromatic nitrogens is 1. The third kappa shape index (κ3) is 2.80. The fraction of sp³-hybridized carbons (Fsp3) is 0.545. The van der Waals surface area contributed by atoms with E-state index in [9.17, 15) is 8.42 Å². The summed E-state index contributed by atoms with van der Waals surface area (Å²) < 4.78 is 31.2. The molecule has 1 fully saturated rings. The summed E-state index contributed by atoms with van der Waals surface area (Å²) in [4.78, 5) is 3.22. The van der Waals surface area contributed by atoms with Crippen molar-refractivity contribution in [2.24, 2.45) is 0 Å². The van der Waals surface area contributed by atoms with Crippen LogP contribution in [0.2, 0.25) is 0 Å². The van der Waals surface area contributed by atoms with Crippen molar-refractivity contribution in [2.45, 2.75) is 11.8 Å². The molecular weight excluding hydrogens is 254 g/mol. The van der Waals surface area contributed by atoms with Crippen LogP contribution in [0.4, 0.5) is 5.82 Å². The Morgan fingerprint density at radius 3 is 2.67 bits per heavy atom. The summed E-state index contributed by atoms with van der Waals surface area (Å²) in [7, 11) is -3.40. The van der Waals surface area contributed by atoms with Crippen molar-refractivity contribution in [2.75, 3.05) is 38.2 Å². The molecule has 18 heavy (non-hydrogen) atoms. The zero-order valence-electron chi connectivity index (χ0n) is 10.3. The number of hydrogen-bond acceptors (Lipinski definition) is 4. The minimum absolute atomic E-state index is 0.283. The highest BCUT2D eigenvalue weighted by Gasteiger charge is 2.27. The molecule has 1 aromatic rings. The third-order valence-corrected chi connectivity index (χ3v) is 4.65. The summed E-state index contributed by atoms with van der Waals surface area (Å²) in [5.74, 6) is 0.804. The number of pyridine rings is 1. The number of sulfonamides is 1. The third-order valence-electron chi connectivity index (χ3n) is 2.76. The van der Waals surface area contributed by atoms with Crippen LogP contribution in [0, 0.1) is 0 Å². The Kier molecular flexibility index (Phi) is 4.15. The molecule has 2 N–H and O–H groups in total. The molecule has 1 aliphatic heterocycles. The molecule has 0 amide bonds.